The van der Waals surface area contributed by atoms with Crippen molar-refractivity contribution in [3.05, 3.63) is 22.7 Å². The van der Waals surface area contributed by atoms with E-state index in [2.05, 4.69) is 4.72 Å². The van der Waals surface area contributed by atoms with Gasteiger partial charge in [-0.25, -0.2) is 13.1 Å². The van der Waals surface area contributed by atoms with Crippen LogP contribution in [0.25, 0.3) is 0 Å². The lowest BCUT2D eigenvalue weighted by Gasteiger charge is -2.16. The lowest BCUT2D eigenvalue weighted by molar-refractivity contribution is 0.139. The largest absolute Gasteiger partial charge is 0.397 e. The second-order valence-corrected chi connectivity index (χ2v) is 6.19. The zero-order valence-corrected chi connectivity index (χ0v) is 12.3. The summed E-state index contributed by atoms with van der Waals surface area (Å²) in [7, 11) is -2.37. The molecule has 8 heteroatoms. The zero-order chi connectivity index (χ0) is 14.6. The molecule has 0 aliphatic carbocycles. The fourth-order valence-corrected chi connectivity index (χ4v) is 2.97. The Morgan fingerprint density at radius 2 is 2.16 bits per heavy atom. The van der Waals surface area contributed by atoms with Gasteiger partial charge in [-0.2, -0.15) is 0 Å². The van der Waals surface area contributed by atoms with Crippen LogP contribution in [-0.2, 0) is 14.8 Å². The van der Waals surface area contributed by atoms with Crippen molar-refractivity contribution in [2.24, 2.45) is 0 Å². The molecule has 0 bridgehead atoms. The zero-order valence-electron chi connectivity index (χ0n) is 10.7. The fraction of sp³-hybridized carbons (Fsp3) is 0.455. The Morgan fingerprint density at radius 3 is 2.63 bits per heavy atom. The predicted molar refractivity (Wildman–Crippen MR) is 73.7 cm³/mol. The first-order valence-electron chi connectivity index (χ1n) is 5.49. The van der Waals surface area contributed by atoms with Crippen LogP contribution in [-0.4, -0.2) is 39.9 Å². The lowest BCUT2D eigenvalue weighted by atomic mass is 10.2. The number of hydrogen-bond donors (Lipinski definition) is 3. The summed E-state index contributed by atoms with van der Waals surface area (Å²) in [6, 6.07) is 1.98. The number of anilines is 1. The van der Waals surface area contributed by atoms with Gasteiger partial charge in [-0.3, -0.25) is 0 Å². The topological polar surface area (TPSA) is 102 Å². The first kappa shape index (κ1) is 16.2. The molecule has 0 heterocycles. The summed E-state index contributed by atoms with van der Waals surface area (Å²) in [4.78, 5) is 0.00135. The molecule has 4 N–H and O–H groups in total. The van der Waals surface area contributed by atoms with Gasteiger partial charge in [0.15, 0.2) is 0 Å². The van der Waals surface area contributed by atoms with Crippen LogP contribution in [0.15, 0.2) is 17.0 Å². The summed E-state index contributed by atoms with van der Waals surface area (Å²) in [6.07, 6.45) is 0. The maximum Gasteiger partial charge on any atom is 0.241 e. The minimum absolute atomic E-state index is 0.00135. The summed E-state index contributed by atoms with van der Waals surface area (Å²) in [5, 5.41) is 9.40. The second kappa shape index (κ2) is 6.53. The lowest BCUT2D eigenvalue weighted by Crippen LogP contribution is -2.40. The Balaban J connectivity index is 3.07. The number of rotatable bonds is 6. The summed E-state index contributed by atoms with van der Waals surface area (Å²) in [5.41, 5.74) is 6.40. The minimum Gasteiger partial charge on any atom is -0.397 e. The van der Waals surface area contributed by atoms with Crippen LogP contribution >= 0.6 is 11.6 Å². The fourth-order valence-electron chi connectivity index (χ4n) is 1.53. The predicted octanol–water partition coefficient (Wildman–Crippen LogP) is 0.516. The third kappa shape index (κ3) is 4.05. The van der Waals surface area contributed by atoms with Gasteiger partial charge in [-0.15, -0.1) is 0 Å². The molecule has 0 radical (unpaired) electrons. The van der Waals surface area contributed by atoms with Gasteiger partial charge in [0, 0.05) is 7.11 Å². The molecule has 0 amide bonds. The molecule has 0 spiro atoms. The first-order valence-corrected chi connectivity index (χ1v) is 7.35. The van der Waals surface area contributed by atoms with E-state index in [4.69, 9.17) is 27.2 Å². The summed E-state index contributed by atoms with van der Waals surface area (Å²) in [6.45, 7) is 1.36. The number of aliphatic hydroxyl groups excluding tert-OH is 1. The maximum atomic E-state index is 12.1. The maximum absolute atomic E-state index is 12.1. The molecule has 6 nitrogen and oxygen atoms in total. The van der Waals surface area contributed by atoms with Crippen molar-refractivity contribution in [3.63, 3.8) is 0 Å². The highest BCUT2D eigenvalue weighted by molar-refractivity contribution is 7.89. The average Bonchev–Trinajstić information content (AvgIpc) is 2.34. The number of methoxy groups -OCH3 is 1. The van der Waals surface area contributed by atoms with Gasteiger partial charge in [0.05, 0.1) is 34.9 Å². The Bertz CT molecular complexity index is 525. The first-order chi connectivity index (χ1) is 8.81. The van der Waals surface area contributed by atoms with Crippen LogP contribution < -0.4 is 10.5 Å². The van der Waals surface area contributed by atoms with Gasteiger partial charge in [0.1, 0.15) is 0 Å². The van der Waals surface area contributed by atoms with E-state index in [1.165, 1.54) is 19.2 Å². The normalized spacial score (nSPS) is 13.5. The quantitative estimate of drug-likeness (QED) is 0.665. The van der Waals surface area contributed by atoms with Crippen molar-refractivity contribution >= 4 is 27.3 Å². The molecule has 0 aromatic heterocycles. The van der Waals surface area contributed by atoms with Crippen LogP contribution in [0, 0.1) is 6.92 Å². The molecule has 19 heavy (non-hydrogen) atoms. The van der Waals surface area contributed by atoms with E-state index in [0.29, 0.717) is 10.6 Å². The van der Waals surface area contributed by atoms with E-state index in [9.17, 15) is 8.42 Å². The van der Waals surface area contributed by atoms with E-state index in [-0.39, 0.29) is 23.8 Å². The van der Waals surface area contributed by atoms with Crippen molar-refractivity contribution in [3.8, 4) is 0 Å². The summed E-state index contributed by atoms with van der Waals surface area (Å²) < 4.78 is 31.4. The number of aryl methyl sites for hydroxylation is 1. The molecule has 1 rings (SSSR count). The molecular formula is C11H17ClN2O4S. The molecule has 1 atom stereocenters. The number of sulfonamides is 1. The van der Waals surface area contributed by atoms with E-state index in [1.54, 1.807) is 6.92 Å². The van der Waals surface area contributed by atoms with Crippen LogP contribution in [0.4, 0.5) is 5.69 Å². The number of aliphatic hydroxyl groups is 1. The standard InChI is InChI=1S/C11H17ClN2O4S/c1-7-3-9(4-10(13)11(7)12)19(16,17)14-8(5-15)6-18-2/h3-4,8,14-15H,5-6,13H2,1-2H3. The van der Waals surface area contributed by atoms with Crippen LogP contribution in [0.1, 0.15) is 5.56 Å². The summed E-state index contributed by atoms with van der Waals surface area (Å²) >= 11 is 5.88. The number of benzene rings is 1. The second-order valence-electron chi connectivity index (χ2n) is 4.10. The van der Waals surface area contributed by atoms with E-state index in [0.717, 1.165) is 0 Å². The highest BCUT2D eigenvalue weighted by Crippen LogP contribution is 2.26. The van der Waals surface area contributed by atoms with Gasteiger partial charge < -0.3 is 15.6 Å². The average molecular weight is 309 g/mol. The SMILES string of the molecule is COCC(CO)NS(=O)(=O)c1cc(C)c(Cl)c(N)c1. The van der Waals surface area contributed by atoms with Gasteiger partial charge in [0.25, 0.3) is 0 Å². The van der Waals surface area contributed by atoms with Crippen LogP contribution in [0.5, 0.6) is 0 Å². The van der Waals surface area contributed by atoms with Crippen LogP contribution in [0.2, 0.25) is 5.02 Å². The monoisotopic (exact) mass is 308 g/mol. The van der Waals surface area contributed by atoms with Gasteiger partial charge in [-0.05, 0) is 24.6 Å². The van der Waals surface area contributed by atoms with E-state index in [1.807, 2.05) is 0 Å². The molecule has 0 saturated heterocycles. The molecule has 0 saturated carbocycles. The van der Waals surface area contributed by atoms with Gasteiger partial charge >= 0.3 is 0 Å². The smallest absolute Gasteiger partial charge is 0.241 e. The Labute approximate surface area is 117 Å². The number of nitrogens with one attached hydrogen (secondary N) is 1. The molecule has 1 aromatic carbocycles. The van der Waals surface area contributed by atoms with Crippen molar-refractivity contribution in [2.75, 3.05) is 26.1 Å². The Kier molecular flexibility index (Phi) is 5.57. The van der Waals surface area contributed by atoms with Crippen molar-refractivity contribution < 1.29 is 18.3 Å². The highest BCUT2D eigenvalue weighted by Gasteiger charge is 2.21. The molecule has 0 aliphatic rings. The number of ether oxygens (including phenoxy) is 1. The summed E-state index contributed by atoms with van der Waals surface area (Å²) in [5.74, 6) is 0. The molecule has 1 unspecified atom stereocenters. The Hall–Kier alpha value is -0.860. The van der Waals surface area contributed by atoms with Crippen molar-refractivity contribution in [1.82, 2.24) is 4.72 Å². The van der Waals surface area contributed by atoms with Crippen LogP contribution in [0.3, 0.4) is 0 Å². The molecule has 1 aromatic rings. The van der Waals surface area contributed by atoms with Gasteiger partial charge in [-0.1, -0.05) is 11.6 Å². The Morgan fingerprint density at radius 1 is 1.53 bits per heavy atom. The molecular weight excluding hydrogens is 292 g/mol. The minimum atomic E-state index is -3.78. The van der Waals surface area contributed by atoms with E-state index < -0.39 is 16.1 Å². The van der Waals surface area contributed by atoms with Gasteiger partial charge in [0.2, 0.25) is 10.0 Å². The third-order valence-electron chi connectivity index (χ3n) is 2.48. The molecule has 108 valence electrons. The highest BCUT2D eigenvalue weighted by atomic mass is 35.5. The number of hydrogen-bond acceptors (Lipinski definition) is 5. The number of nitrogens with two attached hydrogens (primary N) is 1. The van der Waals surface area contributed by atoms with E-state index >= 15 is 0 Å². The van der Waals surface area contributed by atoms with Crippen molar-refractivity contribution in [1.29, 1.82) is 0 Å². The number of nitrogen functional groups attached to an aromatic ring is 1. The number of halogens is 1. The van der Waals surface area contributed by atoms with Crippen molar-refractivity contribution in [2.45, 2.75) is 17.9 Å². The third-order valence-corrected chi connectivity index (χ3v) is 4.49. The molecule has 0 aliphatic heterocycles. The molecule has 0 fully saturated rings.